The number of benzene rings is 1. The number of aromatic carboxylic acids is 1. The van der Waals surface area contributed by atoms with Gasteiger partial charge in [-0.3, -0.25) is 5.10 Å². The number of aromatic nitrogens is 2. The van der Waals surface area contributed by atoms with E-state index in [2.05, 4.69) is 10.2 Å². The second-order valence-corrected chi connectivity index (χ2v) is 5.13. The highest BCUT2D eigenvalue weighted by Crippen LogP contribution is 2.38. The van der Waals surface area contributed by atoms with Crippen molar-refractivity contribution in [1.29, 1.82) is 0 Å². The van der Waals surface area contributed by atoms with E-state index in [0.717, 1.165) is 11.1 Å². The quantitative estimate of drug-likeness (QED) is 0.904. The van der Waals surface area contributed by atoms with Gasteiger partial charge in [-0.1, -0.05) is 25.4 Å². The SMILES string of the molecule is COc1cc(Cl)cc(-c2cc(C(=O)O)[nH]n2)c1C(C)C. The molecule has 0 saturated heterocycles. The van der Waals surface area contributed by atoms with Crippen LogP contribution in [0.1, 0.15) is 35.8 Å². The number of aromatic amines is 1. The van der Waals surface area contributed by atoms with Crippen molar-refractivity contribution in [2.24, 2.45) is 0 Å². The van der Waals surface area contributed by atoms with Crippen LogP contribution in [0, 0.1) is 0 Å². The van der Waals surface area contributed by atoms with Gasteiger partial charge in [-0.25, -0.2) is 4.79 Å². The number of rotatable bonds is 4. The summed E-state index contributed by atoms with van der Waals surface area (Å²) in [5.41, 5.74) is 2.29. The number of hydrogen-bond donors (Lipinski definition) is 2. The molecule has 0 unspecified atom stereocenters. The minimum Gasteiger partial charge on any atom is -0.496 e. The number of nitrogens with zero attached hydrogens (tertiary/aromatic N) is 1. The van der Waals surface area contributed by atoms with E-state index in [0.29, 0.717) is 16.5 Å². The van der Waals surface area contributed by atoms with Gasteiger partial charge in [0.15, 0.2) is 0 Å². The highest BCUT2D eigenvalue weighted by molar-refractivity contribution is 6.31. The molecule has 0 aliphatic rings. The van der Waals surface area contributed by atoms with Crippen LogP contribution in [0.3, 0.4) is 0 Å². The third-order valence-corrected chi connectivity index (χ3v) is 3.21. The van der Waals surface area contributed by atoms with E-state index < -0.39 is 5.97 Å². The lowest BCUT2D eigenvalue weighted by Crippen LogP contribution is -1.98. The number of methoxy groups -OCH3 is 1. The van der Waals surface area contributed by atoms with Crippen molar-refractivity contribution in [2.75, 3.05) is 7.11 Å². The maximum absolute atomic E-state index is 10.9. The number of hydrogen-bond acceptors (Lipinski definition) is 3. The molecule has 0 aliphatic carbocycles. The Labute approximate surface area is 121 Å². The summed E-state index contributed by atoms with van der Waals surface area (Å²) in [6, 6.07) is 4.99. The molecule has 0 saturated carbocycles. The van der Waals surface area contributed by atoms with Crippen molar-refractivity contribution in [3.05, 3.63) is 34.5 Å². The molecule has 0 radical (unpaired) electrons. The topological polar surface area (TPSA) is 75.2 Å². The molecule has 5 nitrogen and oxygen atoms in total. The summed E-state index contributed by atoms with van der Waals surface area (Å²) in [6.45, 7) is 4.06. The number of carboxylic acids is 1. The zero-order valence-electron chi connectivity index (χ0n) is 11.4. The van der Waals surface area contributed by atoms with E-state index >= 15 is 0 Å². The third-order valence-electron chi connectivity index (χ3n) is 2.99. The minimum atomic E-state index is -1.05. The van der Waals surface area contributed by atoms with E-state index in [-0.39, 0.29) is 11.6 Å². The normalized spacial score (nSPS) is 10.8. The molecular weight excluding hydrogens is 280 g/mol. The van der Waals surface area contributed by atoms with Gasteiger partial charge in [0.05, 0.1) is 12.8 Å². The molecule has 1 heterocycles. The van der Waals surface area contributed by atoms with Crippen molar-refractivity contribution in [3.8, 4) is 17.0 Å². The van der Waals surface area contributed by atoms with Gasteiger partial charge >= 0.3 is 5.97 Å². The summed E-state index contributed by atoms with van der Waals surface area (Å²) in [5.74, 6) is -0.201. The number of halogens is 1. The molecule has 2 aromatic rings. The molecule has 6 heteroatoms. The van der Waals surface area contributed by atoms with Gasteiger partial charge in [-0.2, -0.15) is 5.10 Å². The molecule has 2 rings (SSSR count). The fraction of sp³-hybridized carbons (Fsp3) is 0.286. The molecule has 1 aromatic carbocycles. The summed E-state index contributed by atoms with van der Waals surface area (Å²) < 4.78 is 5.37. The van der Waals surface area contributed by atoms with Crippen LogP contribution in [0.4, 0.5) is 0 Å². The Hall–Kier alpha value is -2.01. The lowest BCUT2D eigenvalue weighted by molar-refractivity contribution is 0.0690. The zero-order valence-corrected chi connectivity index (χ0v) is 12.2. The summed E-state index contributed by atoms with van der Waals surface area (Å²) in [6.07, 6.45) is 0. The molecular formula is C14H15ClN2O3. The molecule has 0 aliphatic heterocycles. The fourth-order valence-corrected chi connectivity index (χ4v) is 2.35. The van der Waals surface area contributed by atoms with Crippen LogP contribution in [0.2, 0.25) is 5.02 Å². The molecule has 20 heavy (non-hydrogen) atoms. The predicted molar refractivity (Wildman–Crippen MR) is 76.6 cm³/mol. The first-order valence-corrected chi connectivity index (χ1v) is 6.48. The van der Waals surface area contributed by atoms with Gasteiger partial charge in [-0.05, 0) is 24.1 Å². The van der Waals surface area contributed by atoms with Crippen molar-refractivity contribution >= 4 is 17.6 Å². The molecule has 106 valence electrons. The highest BCUT2D eigenvalue weighted by atomic mass is 35.5. The average molecular weight is 295 g/mol. The second-order valence-electron chi connectivity index (χ2n) is 4.70. The summed E-state index contributed by atoms with van der Waals surface area (Å²) in [4.78, 5) is 10.9. The maximum Gasteiger partial charge on any atom is 0.353 e. The highest BCUT2D eigenvalue weighted by Gasteiger charge is 2.19. The summed E-state index contributed by atoms with van der Waals surface area (Å²) in [7, 11) is 1.58. The van der Waals surface area contributed by atoms with Crippen LogP contribution in [-0.4, -0.2) is 28.4 Å². The number of carbonyl (C=O) groups is 1. The Morgan fingerprint density at radius 2 is 2.10 bits per heavy atom. The Morgan fingerprint density at radius 1 is 1.40 bits per heavy atom. The van der Waals surface area contributed by atoms with E-state index in [9.17, 15) is 4.79 Å². The lowest BCUT2D eigenvalue weighted by Gasteiger charge is -2.16. The Kier molecular flexibility index (Phi) is 3.99. The van der Waals surface area contributed by atoms with Crippen LogP contribution in [0.5, 0.6) is 5.75 Å². The fourth-order valence-electron chi connectivity index (χ4n) is 2.14. The van der Waals surface area contributed by atoms with Gasteiger partial charge < -0.3 is 9.84 Å². The Morgan fingerprint density at radius 3 is 2.60 bits per heavy atom. The molecule has 0 atom stereocenters. The van der Waals surface area contributed by atoms with Crippen LogP contribution in [-0.2, 0) is 0 Å². The number of ether oxygens (including phenoxy) is 1. The summed E-state index contributed by atoms with van der Waals surface area (Å²) >= 11 is 6.09. The first-order valence-electron chi connectivity index (χ1n) is 6.10. The van der Waals surface area contributed by atoms with E-state index in [1.54, 1.807) is 19.2 Å². The number of H-pyrrole nitrogens is 1. The van der Waals surface area contributed by atoms with Crippen molar-refractivity contribution in [2.45, 2.75) is 19.8 Å². The predicted octanol–water partition coefficient (Wildman–Crippen LogP) is 3.56. The van der Waals surface area contributed by atoms with Crippen LogP contribution in [0.25, 0.3) is 11.3 Å². The first-order chi connectivity index (χ1) is 9.43. The van der Waals surface area contributed by atoms with Gasteiger partial charge in [0, 0.05) is 16.1 Å². The molecule has 1 aromatic heterocycles. The number of nitrogens with one attached hydrogen (secondary N) is 1. The van der Waals surface area contributed by atoms with Gasteiger partial charge in [-0.15, -0.1) is 0 Å². The van der Waals surface area contributed by atoms with Crippen molar-refractivity contribution < 1.29 is 14.6 Å². The van der Waals surface area contributed by atoms with Crippen LogP contribution >= 0.6 is 11.6 Å². The van der Waals surface area contributed by atoms with Gasteiger partial charge in [0.1, 0.15) is 11.4 Å². The van der Waals surface area contributed by atoms with Gasteiger partial charge in [0.2, 0.25) is 0 Å². The smallest absolute Gasteiger partial charge is 0.353 e. The maximum atomic E-state index is 10.9. The van der Waals surface area contributed by atoms with E-state index in [1.165, 1.54) is 6.07 Å². The Balaban J connectivity index is 2.64. The monoisotopic (exact) mass is 294 g/mol. The molecule has 0 fully saturated rings. The van der Waals surface area contributed by atoms with E-state index in [4.69, 9.17) is 21.4 Å². The first kappa shape index (κ1) is 14.4. The van der Waals surface area contributed by atoms with Crippen molar-refractivity contribution in [1.82, 2.24) is 10.2 Å². The largest absolute Gasteiger partial charge is 0.496 e. The lowest BCUT2D eigenvalue weighted by atomic mass is 9.94. The van der Waals surface area contributed by atoms with Crippen LogP contribution in [0.15, 0.2) is 18.2 Å². The zero-order chi connectivity index (χ0) is 14.9. The van der Waals surface area contributed by atoms with Gasteiger partial charge in [0.25, 0.3) is 0 Å². The standard InChI is InChI=1S/C14H15ClN2O3/c1-7(2)13-9(4-8(15)5-12(13)20-3)10-6-11(14(18)19)17-16-10/h4-7H,1-3H3,(H,16,17)(H,18,19). The number of carboxylic acid groups (broad SMARTS) is 1. The molecule has 2 N–H and O–H groups in total. The van der Waals surface area contributed by atoms with Crippen LogP contribution < -0.4 is 4.74 Å². The molecule has 0 amide bonds. The summed E-state index contributed by atoms with van der Waals surface area (Å²) in [5, 5.41) is 16.0. The Bertz CT molecular complexity index is 650. The molecule has 0 spiro atoms. The average Bonchev–Trinajstić information content (AvgIpc) is 2.86. The minimum absolute atomic E-state index is 0.0358. The third kappa shape index (κ3) is 2.63. The van der Waals surface area contributed by atoms with E-state index in [1.807, 2.05) is 13.8 Å². The van der Waals surface area contributed by atoms with Crippen molar-refractivity contribution in [3.63, 3.8) is 0 Å². The molecule has 0 bridgehead atoms. The second kappa shape index (κ2) is 5.54.